The summed E-state index contributed by atoms with van der Waals surface area (Å²) < 4.78 is 19.4. The van der Waals surface area contributed by atoms with Crippen LogP contribution in [0.5, 0.6) is 11.6 Å². The Bertz CT molecular complexity index is 1510. The van der Waals surface area contributed by atoms with Crippen LogP contribution in [0.3, 0.4) is 0 Å². The van der Waals surface area contributed by atoms with Crippen LogP contribution in [0.1, 0.15) is 46.1 Å². The second-order valence-corrected chi connectivity index (χ2v) is 8.69. The first kappa shape index (κ1) is 24.8. The van der Waals surface area contributed by atoms with E-state index in [0.717, 1.165) is 17.5 Å². The average Bonchev–Trinajstić information content (AvgIpc) is 3.55. The molecule has 0 spiro atoms. The number of ether oxygens (including phenoxy) is 2. The molecule has 2 aromatic heterocycles. The number of hydrogen-bond donors (Lipinski definition) is 1. The van der Waals surface area contributed by atoms with E-state index in [1.54, 1.807) is 6.92 Å². The van der Waals surface area contributed by atoms with Crippen molar-refractivity contribution in [3.63, 3.8) is 0 Å². The molecule has 8 heteroatoms. The standard InChI is InChI=1S/C30H27N3O5/c1-3-21-14-16-24(17-15-21)38-29(23-12-8-5-9-13-23)33-18-25(30(34)35)28(32-33)36-19-26-20(2)37-27(31-26)22-10-6-4-7-11-22/h4-18,29H,3,19H2,1-2H3,(H,34,35). The quantitative estimate of drug-likeness (QED) is 0.235. The molecule has 8 nitrogen and oxygen atoms in total. The van der Waals surface area contributed by atoms with Crippen molar-refractivity contribution >= 4 is 5.97 Å². The number of aromatic carboxylic acids is 1. The van der Waals surface area contributed by atoms with Crippen LogP contribution in [-0.4, -0.2) is 25.8 Å². The number of carboxylic acids is 1. The van der Waals surface area contributed by atoms with Gasteiger partial charge in [0.05, 0.1) is 0 Å². The number of oxazole rings is 1. The van der Waals surface area contributed by atoms with Crippen molar-refractivity contribution in [2.75, 3.05) is 0 Å². The molecule has 1 atom stereocenters. The molecule has 0 aliphatic carbocycles. The van der Waals surface area contributed by atoms with E-state index in [-0.39, 0.29) is 18.1 Å². The van der Waals surface area contributed by atoms with Crippen molar-refractivity contribution in [1.82, 2.24) is 14.8 Å². The summed E-state index contributed by atoms with van der Waals surface area (Å²) in [5.41, 5.74) is 3.31. The van der Waals surface area contributed by atoms with Gasteiger partial charge in [-0.3, -0.25) is 0 Å². The van der Waals surface area contributed by atoms with Gasteiger partial charge in [-0.1, -0.05) is 67.6 Å². The average molecular weight is 510 g/mol. The Morgan fingerprint density at radius 1 is 1.00 bits per heavy atom. The van der Waals surface area contributed by atoms with E-state index in [9.17, 15) is 9.90 Å². The van der Waals surface area contributed by atoms with Gasteiger partial charge in [0.2, 0.25) is 18.0 Å². The maximum Gasteiger partial charge on any atom is 0.342 e. The van der Waals surface area contributed by atoms with E-state index >= 15 is 0 Å². The van der Waals surface area contributed by atoms with Crippen molar-refractivity contribution in [3.8, 4) is 23.1 Å². The third-order valence-corrected chi connectivity index (χ3v) is 6.09. The minimum atomic E-state index is -1.16. The molecular formula is C30H27N3O5. The van der Waals surface area contributed by atoms with Crippen LogP contribution in [0.15, 0.2) is 95.5 Å². The molecule has 2 heterocycles. The molecule has 0 fully saturated rings. The van der Waals surface area contributed by atoms with Crippen molar-refractivity contribution in [3.05, 3.63) is 119 Å². The molecule has 5 aromatic rings. The fraction of sp³-hybridized carbons (Fsp3) is 0.167. The van der Waals surface area contributed by atoms with Crippen LogP contribution >= 0.6 is 0 Å². The molecule has 0 bridgehead atoms. The number of aryl methyl sites for hydroxylation is 2. The van der Waals surface area contributed by atoms with Gasteiger partial charge in [0.1, 0.15) is 29.4 Å². The van der Waals surface area contributed by atoms with Crippen LogP contribution in [0.2, 0.25) is 0 Å². The van der Waals surface area contributed by atoms with Gasteiger partial charge in [-0.2, -0.15) is 0 Å². The number of carboxylic acid groups (broad SMARTS) is 1. The number of nitrogens with zero attached hydrogens (tertiary/aromatic N) is 3. The number of aromatic nitrogens is 3. The summed E-state index contributed by atoms with van der Waals surface area (Å²) in [4.78, 5) is 16.6. The summed E-state index contributed by atoms with van der Waals surface area (Å²) >= 11 is 0. The maximum atomic E-state index is 12.1. The third-order valence-electron chi connectivity index (χ3n) is 6.09. The number of rotatable bonds is 10. The Balaban J connectivity index is 1.43. The maximum absolute atomic E-state index is 12.1. The first-order chi connectivity index (χ1) is 18.5. The highest BCUT2D eigenvalue weighted by Gasteiger charge is 2.24. The normalized spacial score (nSPS) is 11.7. The Morgan fingerprint density at radius 2 is 1.68 bits per heavy atom. The second-order valence-electron chi connectivity index (χ2n) is 8.69. The van der Waals surface area contributed by atoms with E-state index < -0.39 is 12.2 Å². The molecule has 1 N–H and O–H groups in total. The Hall–Kier alpha value is -4.85. The predicted octanol–water partition coefficient (Wildman–Crippen LogP) is 6.31. The smallest absolute Gasteiger partial charge is 0.342 e. The monoisotopic (exact) mass is 509 g/mol. The van der Waals surface area contributed by atoms with Gasteiger partial charge in [0.25, 0.3) is 0 Å². The van der Waals surface area contributed by atoms with Gasteiger partial charge < -0.3 is 19.0 Å². The lowest BCUT2D eigenvalue weighted by atomic mass is 10.1. The molecule has 0 radical (unpaired) electrons. The zero-order chi connectivity index (χ0) is 26.5. The molecule has 0 saturated heterocycles. The summed E-state index contributed by atoms with van der Waals surface area (Å²) in [5.74, 6) is 0.496. The number of hydrogen-bond acceptors (Lipinski definition) is 6. The zero-order valence-corrected chi connectivity index (χ0v) is 21.1. The van der Waals surface area contributed by atoms with Crippen molar-refractivity contribution in [2.24, 2.45) is 0 Å². The van der Waals surface area contributed by atoms with E-state index in [2.05, 4.69) is 17.0 Å². The Morgan fingerprint density at radius 3 is 2.34 bits per heavy atom. The minimum Gasteiger partial charge on any atom is -0.477 e. The summed E-state index contributed by atoms with van der Waals surface area (Å²) in [6.07, 6.45) is 1.63. The summed E-state index contributed by atoms with van der Waals surface area (Å²) in [5, 5.41) is 14.4. The molecule has 0 amide bonds. The van der Waals surface area contributed by atoms with Crippen LogP contribution in [0.4, 0.5) is 0 Å². The fourth-order valence-electron chi connectivity index (χ4n) is 3.98. The molecule has 38 heavy (non-hydrogen) atoms. The molecule has 3 aromatic carbocycles. The minimum absolute atomic E-state index is 0.00516. The Kier molecular flexibility index (Phi) is 7.21. The van der Waals surface area contributed by atoms with Crippen LogP contribution in [0.25, 0.3) is 11.5 Å². The summed E-state index contributed by atoms with van der Waals surface area (Å²) in [6.45, 7) is 3.87. The zero-order valence-electron chi connectivity index (χ0n) is 21.1. The lowest BCUT2D eigenvalue weighted by Crippen LogP contribution is -2.18. The van der Waals surface area contributed by atoms with Crippen LogP contribution in [0, 0.1) is 6.92 Å². The SMILES string of the molecule is CCc1ccc(OC(c2ccccc2)n2cc(C(=O)O)c(OCc3nc(-c4ccccc4)oc3C)n2)cc1. The largest absolute Gasteiger partial charge is 0.477 e. The molecule has 5 rings (SSSR count). The topological polar surface area (TPSA) is 99.6 Å². The third kappa shape index (κ3) is 5.44. The fourth-order valence-corrected chi connectivity index (χ4v) is 3.98. The lowest BCUT2D eigenvalue weighted by molar-refractivity contribution is 0.0691. The van der Waals surface area contributed by atoms with Crippen molar-refractivity contribution in [1.29, 1.82) is 0 Å². The predicted molar refractivity (Wildman–Crippen MR) is 141 cm³/mol. The first-order valence-electron chi connectivity index (χ1n) is 12.3. The summed E-state index contributed by atoms with van der Waals surface area (Å²) in [7, 11) is 0. The lowest BCUT2D eigenvalue weighted by Gasteiger charge is -2.20. The van der Waals surface area contributed by atoms with E-state index in [1.807, 2.05) is 84.9 Å². The van der Waals surface area contributed by atoms with Gasteiger partial charge in [-0.25, -0.2) is 14.5 Å². The molecule has 0 aliphatic heterocycles. The highest BCUT2D eigenvalue weighted by Crippen LogP contribution is 2.28. The highest BCUT2D eigenvalue weighted by atomic mass is 16.5. The molecule has 1 unspecified atom stereocenters. The summed E-state index contributed by atoms with van der Waals surface area (Å²) in [6, 6.07) is 26.8. The molecular weight excluding hydrogens is 482 g/mol. The molecule has 192 valence electrons. The highest BCUT2D eigenvalue weighted by molar-refractivity contribution is 5.89. The van der Waals surface area contributed by atoms with Crippen molar-refractivity contribution in [2.45, 2.75) is 33.1 Å². The van der Waals surface area contributed by atoms with Crippen LogP contribution in [-0.2, 0) is 13.0 Å². The van der Waals surface area contributed by atoms with Gasteiger partial charge in [-0.15, -0.1) is 5.10 Å². The Labute approximate surface area is 220 Å². The van der Waals surface area contributed by atoms with Crippen molar-refractivity contribution < 1.29 is 23.8 Å². The van der Waals surface area contributed by atoms with Crippen LogP contribution < -0.4 is 9.47 Å². The number of carbonyl (C=O) groups is 1. The second kappa shape index (κ2) is 11.0. The molecule has 0 aliphatic rings. The van der Waals surface area contributed by atoms with Gasteiger partial charge in [-0.05, 0) is 43.2 Å². The van der Waals surface area contributed by atoms with E-state index in [4.69, 9.17) is 13.9 Å². The number of benzene rings is 3. The van der Waals surface area contributed by atoms with Gasteiger partial charge in [0, 0.05) is 17.3 Å². The van der Waals surface area contributed by atoms with E-state index in [0.29, 0.717) is 23.1 Å². The first-order valence-corrected chi connectivity index (χ1v) is 12.3. The van der Waals surface area contributed by atoms with E-state index in [1.165, 1.54) is 16.4 Å². The van der Waals surface area contributed by atoms with Gasteiger partial charge >= 0.3 is 5.97 Å². The van der Waals surface area contributed by atoms with Gasteiger partial charge in [0.15, 0.2) is 0 Å². The molecule has 0 saturated carbocycles.